The topological polar surface area (TPSA) is 78.9 Å². The van der Waals surface area contributed by atoms with E-state index in [0.717, 1.165) is 64.2 Å². The second-order valence-corrected chi connectivity index (χ2v) is 18.5. The highest BCUT2D eigenvalue weighted by Crippen LogP contribution is 2.15. The Hall–Kier alpha value is -3.15. The number of ether oxygens (including phenoxy) is 3. The molecule has 66 heavy (non-hydrogen) atoms. The lowest BCUT2D eigenvalue weighted by atomic mass is 10.0. The molecule has 0 aromatic heterocycles. The third kappa shape index (κ3) is 51.8. The molecular weight excluding hydrogens is 817 g/mol. The summed E-state index contributed by atoms with van der Waals surface area (Å²) in [4.78, 5) is 38.0. The summed E-state index contributed by atoms with van der Waals surface area (Å²) in [6, 6.07) is 0. The number of hydrogen-bond donors (Lipinski definition) is 0. The van der Waals surface area contributed by atoms with Crippen molar-refractivity contribution >= 4 is 17.9 Å². The van der Waals surface area contributed by atoms with Gasteiger partial charge in [-0.2, -0.15) is 0 Å². The molecule has 0 spiro atoms. The molecule has 0 aliphatic heterocycles. The molecular formula is C60H104O6. The second kappa shape index (κ2) is 54.5. The Morgan fingerprint density at radius 2 is 0.576 bits per heavy atom. The van der Waals surface area contributed by atoms with Gasteiger partial charge in [0.2, 0.25) is 0 Å². The molecule has 0 rings (SSSR count). The van der Waals surface area contributed by atoms with Gasteiger partial charge < -0.3 is 14.2 Å². The zero-order valence-corrected chi connectivity index (χ0v) is 43.4. The molecule has 6 nitrogen and oxygen atoms in total. The number of unbranched alkanes of at least 4 members (excludes halogenated alkanes) is 27. The normalized spacial score (nSPS) is 12.6. The Kier molecular flexibility index (Phi) is 51.9. The molecule has 0 aromatic carbocycles. The molecule has 0 aliphatic carbocycles. The van der Waals surface area contributed by atoms with Gasteiger partial charge in [0.1, 0.15) is 13.2 Å². The average molecular weight is 921 g/mol. The molecule has 0 N–H and O–H groups in total. The first-order valence-corrected chi connectivity index (χ1v) is 27.9. The number of allylic oxidation sites excluding steroid dienone is 12. The fourth-order valence-electron chi connectivity index (χ4n) is 7.71. The first-order chi connectivity index (χ1) is 32.5. The predicted octanol–water partition coefficient (Wildman–Crippen LogP) is 18.6. The zero-order valence-electron chi connectivity index (χ0n) is 43.4. The van der Waals surface area contributed by atoms with Gasteiger partial charge in [-0.05, 0) is 83.5 Å². The van der Waals surface area contributed by atoms with Crippen molar-refractivity contribution in [2.24, 2.45) is 0 Å². The van der Waals surface area contributed by atoms with Crippen LogP contribution in [0.2, 0.25) is 0 Å². The maximum atomic E-state index is 12.8. The van der Waals surface area contributed by atoms with Gasteiger partial charge in [-0.3, -0.25) is 14.4 Å². The van der Waals surface area contributed by atoms with E-state index in [2.05, 4.69) is 87.6 Å². The Morgan fingerprint density at radius 3 is 0.955 bits per heavy atom. The Bertz CT molecular complexity index is 1240. The van der Waals surface area contributed by atoms with E-state index in [9.17, 15) is 14.4 Å². The number of carbonyl (C=O) groups is 3. The third-order valence-corrected chi connectivity index (χ3v) is 11.9. The highest BCUT2D eigenvalue weighted by molar-refractivity contribution is 5.71. The van der Waals surface area contributed by atoms with Gasteiger partial charge in [0.25, 0.3) is 0 Å². The molecule has 0 aliphatic rings. The average Bonchev–Trinajstić information content (AvgIpc) is 3.31. The molecule has 0 bridgehead atoms. The van der Waals surface area contributed by atoms with Crippen LogP contribution in [-0.2, 0) is 28.6 Å². The predicted molar refractivity (Wildman–Crippen MR) is 284 cm³/mol. The Morgan fingerprint density at radius 1 is 0.303 bits per heavy atom. The van der Waals surface area contributed by atoms with Gasteiger partial charge in [0, 0.05) is 19.3 Å². The van der Waals surface area contributed by atoms with Crippen LogP contribution in [0.25, 0.3) is 0 Å². The molecule has 0 saturated carbocycles. The summed E-state index contributed by atoms with van der Waals surface area (Å²) < 4.78 is 16.8. The van der Waals surface area contributed by atoms with Crippen LogP contribution in [0, 0.1) is 0 Å². The summed E-state index contributed by atoms with van der Waals surface area (Å²) in [5, 5.41) is 0. The number of rotatable bonds is 50. The van der Waals surface area contributed by atoms with Crippen LogP contribution in [0.1, 0.15) is 271 Å². The van der Waals surface area contributed by atoms with Gasteiger partial charge in [-0.25, -0.2) is 0 Å². The lowest BCUT2D eigenvalue weighted by Gasteiger charge is -2.18. The minimum Gasteiger partial charge on any atom is -0.462 e. The lowest BCUT2D eigenvalue weighted by Crippen LogP contribution is -2.30. The summed E-state index contributed by atoms with van der Waals surface area (Å²) in [7, 11) is 0. The van der Waals surface area contributed by atoms with Crippen molar-refractivity contribution in [3.05, 3.63) is 72.9 Å². The van der Waals surface area contributed by atoms with E-state index in [0.29, 0.717) is 19.3 Å². The fourth-order valence-corrected chi connectivity index (χ4v) is 7.71. The minimum absolute atomic E-state index is 0.104. The third-order valence-electron chi connectivity index (χ3n) is 11.9. The highest BCUT2D eigenvalue weighted by Gasteiger charge is 2.19. The van der Waals surface area contributed by atoms with E-state index in [1.807, 2.05) is 6.08 Å². The van der Waals surface area contributed by atoms with E-state index >= 15 is 0 Å². The van der Waals surface area contributed by atoms with Gasteiger partial charge in [-0.15, -0.1) is 0 Å². The summed E-state index contributed by atoms with van der Waals surface area (Å²) in [5.41, 5.74) is 0. The van der Waals surface area contributed by atoms with Crippen molar-refractivity contribution in [3.63, 3.8) is 0 Å². The quantitative estimate of drug-likeness (QED) is 0.0262. The van der Waals surface area contributed by atoms with Crippen LogP contribution in [0.3, 0.4) is 0 Å². The zero-order chi connectivity index (χ0) is 47.9. The summed E-state index contributed by atoms with van der Waals surface area (Å²) >= 11 is 0. The number of carbonyl (C=O) groups excluding carboxylic acids is 3. The number of esters is 3. The Balaban J connectivity index is 4.48. The van der Waals surface area contributed by atoms with Crippen LogP contribution in [0.5, 0.6) is 0 Å². The standard InChI is InChI=1S/C60H104O6/c1-4-7-10-13-16-19-22-25-27-29-30-32-34-36-39-42-45-48-51-54-60(63)66-57(55-64-58(61)52-49-46-43-40-37-24-21-18-15-12-9-6-3)56-65-59(62)53-50-47-44-41-38-35-33-31-28-26-23-20-17-14-11-8-5-2/h16,19,25-28,30,32,36,39,45,48,57H,4-15,17-18,20-24,29,31,33-35,37-38,40-44,46-47,49-56H2,1-3H3/b19-16-,27-25-,28-26-,32-30-,39-36-,48-45-/t57-/m0/s1. The van der Waals surface area contributed by atoms with Gasteiger partial charge in [-0.1, -0.05) is 241 Å². The van der Waals surface area contributed by atoms with Gasteiger partial charge >= 0.3 is 17.9 Å². The van der Waals surface area contributed by atoms with Crippen LogP contribution in [0.15, 0.2) is 72.9 Å². The molecule has 6 heteroatoms. The smallest absolute Gasteiger partial charge is 0.306 e. The van der Waals surface area contributed by atoms with Crippen molar-refractivity contribution in [2.45, 2.75) is 277 Å². The van der Waals surface area contributed by atoms with E-state index in [1.54, 1.807) is 0 Å². The lowest BCUT2D eigenvalue weighted by molar-refractivity contribution is -0.166. The maximum Gasteiger partial charge on any atom is 0.306 e. The minimum atomic E-state index is -0.814. The monoisotopic (exact) mass is 921 g/mol. The van der Waals surface area contributed by atoms with Crippen molar-refractivity contribution < 1.29 is 28.6 Å². The van der Waals surface area contributed by atoms with Crippen molar-refractivity contribution in [1.29, 1.82) is 0 Å². The highest BCUT2D eigenvalue weighted by atomic mass is 16.6. The molecule has 380 valence electrons. The molecule has 1 atom stereocenters. The first-order valence-electron chi connectivity index (χ1n) is 27.9. The fraction of sp³-hybridized carbons (Fsp3) is 0.750. The molecule has 0 amide bonds. The van der Waals surface area contributed by atoms with Crippen LogP contribution < -0.4 is 0 Å². The van der Waals surface area contributed by atoms with E-state index in [1.165, 1.54) is 161 Å². The molecule has 0 heterocycles. The van der Waals surface area contributed by atoms with Crippen molar-refractivity contribution in [2.75, 3.05) is 13.2 Å². The largest absolute Gasteiger partial charge is 0.462 e. The summed E-state index contributed by atoms with van der Waals surface area (Å²) in [5.74, 6) is -0.986. The number of hydrogen-bond acceptors (Lipinski definition) is 6. The first kappa shape index (κ1) is 62.8. The molecule has 0 aromatic rings. The summed E-state index contributed by atoms with van der Waals surface area (Å²) in [6.45, 7) is 6.55. The Labute approximate surface area is 408 Å². The van der Waals surface area contributed by atoms with Crippen LogP contribution in [0.4, 0.5) is 0 Å². The molecule has 0 unspecified atom stereocenters. The van der Waals surface area contributed by atoms with Crippen molar-refractivity contribution in [3.8, 4) is 0 Å². The second-order valence-electron chi connectivity index (χ2n) is 18.5. The molecule has 0 saturated heterocycles. The van der Waals surface area contributed by atoms with Crippen molar-refractivity contribution in [1.82, 2.24) is 0 Å². The molecule has 0 radical (unpaired) electrons. The van der Waals surface area contributed by atoms with E-state index in [-0.39, 0.29) is 37.5 Å². The van der Waals surface area contributed by atoms with E-state index < -0.39 is 6.10 Å². The van der Waals surface area contributed by atoms with Crippen LogP contribution in [-0.4, -0.2) is 37.2 Å². The molecule has 0 fully saturated rings. The van der Waals surface area contributed by atoms with Gasteiger partial charge in [0.05, 0.1) is 0 Å². The van der Waals surface area contributed by atoms with Gasteiger partial charge in [0.15, 0.2) is 6.10 Å². The van der Waals surface area contributed by atoms with E-state index in [4.69, 9.17) is 14.2 Å². The van der Waals surface area contributed by atoms with Crippen LogP contribution >= 0.6 is 0 Å². The maximum absolute atomic E-state index is 12.8. The summed E-state index contributed by atoms with van der Waals surface area (Å²) in [6.07, 6.45) is 69.0. The SMILES string of the molecule is CCCCC/C=C\C/C=C\C/C=C\C/C=C\C/C=C\CCC(=O)O[C@H](COC(=O)CCCCCCCCC/C=C\CCCCCCCC)COC(=O)CCCCCCCCCCCCCC.